The molecule has 16 heavy (non-hydrogen) atoms. The lowest BCUT2D eigenvalue weighted by atomic mass is 10.4. The van der Waals surface area contributed by atoms with Gasteiger partial charge in [0.1, 0.15) is 18.5 Å². The largest absolute Gasteiger partial charge is 0.474 e. The summed E-state index contributed by atoms with van der Waals surface area (Å²) in [5.74, 6) is 0.199. The van der Waals surface area contributed by atoms with Crippen molar-refractivity contribution in [3.8, 4) is 5.88 Å². The fourth-order valence-electron chi connectivity index (χ4n) is 1.46. The molecule has 0 bridgehead atoms. The second-order valence-electron chi connectivity index (χ2n) is 4.04. The summed E-state index contributed by atoms with van der Waals surface area (Å²) < 4.78 is 16.4. The van der Waals surface area contributed by atoms with Crippen molar-refractivity contribution in [1.29, 1.82) is 0 Å². The van der Waals surface area contributed by atoms with Gasteiger partial charge in [0.2, 0.25) is 5.88 Å². The minimum absolute atomic E-state index is 0.0850. The summed E-state index contributed by atoms with van der Waals surface area (Å²) in [6.07, 6.45) is 2.89. The fraction of sp³-hybridized carbons (Fsp3) is 0.600. The first-order valence-corrected chi connectivity index (χ1v) is 5.07. The molecule has 1 saturated heterocycles. The molecule has 0 saturated carbocycles. The molecule has 0 amide bonds. The van der Waals surface area contributed by atoms with E-state index in [1.165, 1.54) is 12.4 Å². The summed E-state index contributed by atoms with van der Waals surface area (Å²) in [4.78, 5) is 7.84. The number of nitrogens with zero attached hydrogens (tertiary/aromatic N) is 2. The third-order valence-electron chi connectivity index (χ3n) is 2.12. The van der Waals surface area contributed by atoms with Gasteiger partial charge >= 0.3 is 0 Å². The van der Waals surface area contributed by atoms with Crippen molar-refractivity contribution in [2.24, 2.45) is 0 Å². The van der Waals surface area contributed by atoms with Crippen LogP contribution in [0.2, 0.25) is 0 Å². The van der Waals surface area contributed by atoms with Crippen LogP contribution in [0, 0.1) is 0 Å². The number of aromatic nitrogens is 2. The molecule has 1 aromatic rings. The zero-order valence-electron chi connectivity index (χ0n) is 9.34. The minimum Gasteiger partial charge on any atom is -0.474 e. The predicted octanol–water partition coefficient (Wildman–Crippen LogP) is 0.589. The monoisotopic (exact) mass is 225 g/mol. The van der Waals surface area contributed by atoms with Crippen molar-refractivity contribution < 1.29 is 14.2 Å². The fourth-order valence-corrected chi connectivity index (χ4v) is 1.46. The number of nitrogen functional groups attached to an aromatic ring is 1. The van der Waals surface area contributed by atoms with Gasteiger partial charge in [-0.2, -0.15) is 4.98 Å². The van der Waals surface area contributed by atoms with Gasteiger partial charge < -0.3 is 19.9 Å². The van der Waals surface area contributed by atoms with Gasteiger partial charge in [0.15, 0.2) is 5.79 Å². The average Bonchev–Trinajstić information content (AvgIpc) is 2.56. The molecule has 2 heterocycles. The van der Waals surface area contributed by atoms with Crippen LogP contribution in [0.5, 0.6) is 5.88 Å². The second-order valence-corrected chi connectivity index (χ2v) is 4.04. The third kappa shape index (κ3) is 2.80. The maximum atomic E-state index is 5.57. The van der Waals surface area contributed by atoms with E-state index in [0.717, 1.165) is 0 Å². The van der Waals surface area contributed by atoms with Gasteiger partial charge in [-0.25, -0.2) is 0 Å². The van der Waals surface area contributed by atoms with Gasteiger partial charge in [0.05, 0.1) is 19.0 Å². The Morgan fingerprint density at radius 2 is 2.38 bits per heavy atom. The molecule has 88 valence electrons. The predicted molar refractivity (Wildman–Crippen MR) is 56.8 cm³/mol. The Morgan fingerprint density at radius 3 is 3.00 bits per heavy atom. The molecule has 1 atom stereocenters. The molecule has 0 unspecified atom stereocenters. The van der Waals surface area contributed by atoms with E-state index in [2.05, 4.69) is 9.97 Å². The van der Waals surface area contributed by atoms with Gasteiger partial charge in [0.25, 0.3) is 0 Å². The highest BCUT2D eigenvalue weighted by molar-refractivity contribution is 5.25. The van der Waals surface area contributed by atoms with E-state index in [1.54, 1.807) is 0 Å². The van der Waals surface area contributed by atoms with Crippen LogP contribution in [0.3, 0.4) is 0 Å². The summed E-state index contributed by atoms with van der Waals surface area (Å²) in [6.45, 7) is 4.63. The van der Waals surface area contributed by atoms with Crippen LogP contribution in [0.15, 0.2) is 12.4 Å². The number of anilines is 1. The first kappa shape index (κ1) is 11.1. The minimum atomic E-state index is -0.532. The average molecular weight is 225 g/mol. The van der Waals surface area contributed by atoms with E-state index in [9.17, 15) is 0 Å². The molecule has 6 nitrogen and oxygen atoms in total. The van der Waals surface area contributed by atoms with Gasteiger partial charge in [0, 0.05) is 0 Å². The number of nitrogens with two attached hydrogens (primary N) is 1. The summed E-state index contributed by atoms with van der Waals surface area (Å²) in [5.41, 5.74) is 5.48. The quantitative estimate of drug-likeness (QED) is 0.811. The Kier molecular flexibility index (Phi) is 2.93. The molecule has 1 fully saturated rings. The van der Waals surface area contributed by atoms with E-state index in [0.29, 0.717) is 24.9 Å². The Balaban J connectivity index is 1.84. The summed E-state index contributed by atoms with van der Waals surface area (Å²) in [5, 5.41) is 0. The van der Waals surface area contributed by atoms with Crippen LogP contribution >= 0.6 is 0 Å². The molecule has 1 aliphatic rings. The molecule has 0 radical (unpaired) electrons. The highest BCUT2D eigenvalue weighted by atomic mass is 16.7. The van der Waals surface area contributed by atoms with Crippen LogP contribution in [0.4, 0.5) is 5.82 Å². The van der Waals surface area contributed by atoms with Crippen molar-refractivity contribution in [2.45, 2.75) is 25.7 Å². The van der Waals surface area contributed by atoms with E-state index in [1.807, 2.05) is 13.8 Å². The van der Waals surface area contributed by atoms with Gasteiger partial charge in [-0.3, -0.25) is 4.98 Å². The van der Waals surface area contributed by atoms with Crippen LogP contribution in [-0.4, -0.2) is 35.1 Å². The molecular weight excluding hydrogens is 210 g/mol. The maximum Gasteiger partial charge on any atom is 0.234 e. The van der Waals surface area contributed by atoms with Gasteiger partial charge in [-0.1, -0.05) is 0 Å². The van der Waals surface area contributed by atoms with E-state index >= 15 is 0 Å². The summed E-state index contributed by atoms with van der Waals surface area (Å²) >= 11 is 0. The smallest absolute Gasteiger partial charge is 0.234 e. The molecule has 1 aromatic heterocycles. The maximum absolute atomic E-state index is 5.57. The SMILES string of the molecule is CC1(C)OC[C@H](COc2cncc(N)n2)O1. The Hall–Kier alpha value is -1.40. The van der Waals surface area contributed by atoms with E-state index < -0.39 is 5.79 Å². The molecular formula is C10H15N3O3. The third-order valence-corrected chi connectivity index (χ3v) is 2.12. The van der Waals surface area contributed by atoms with E-state index in [4.69, 9.17) is 19.9 Å². The number of ether oxygens (including phenoxy) is 3. The molecule has 2 N–H and O–H groups in total. The first-order chi connectivity index (χ1) is 7.55. The second kappa shape index (κ2) is 4.23. The molecule has 0 aromatic carbocycles. The lowest BCUT2D eigenvalue weighted by Crippen LogP contribution is -2.25. The van der Waals surface area contributed by atoms with Crippen LogP contribution in [0.25, 0.3) is 0 Å². The van der Waals surface area contributed by atoms with Crippen LogP contribution in [0.1, 0.15) is 13.8 Å². The van der Waals surface area contributed by atoms with Crippen molar-refractivity contribution in [1.82, 2.24) is 9.97 Å². The summed E-state index contributed by atoms with van der Waals surface area (Å²) in [7, 11) is 0. The number of hydrogen-bond acceptors (Lipinski definition) is 6. The highest BCUT2D eigenvalue weighted by Gasteiger charge is 2.32. The van der Waals surface area contributed by atoms with Crippen molar-refractivity contribution in [3.63, 3.8) is 0 Å². The topological polar surface area (TPSA) is 79.5 Å². The normalized spacial score (nSPS) is 23.2. The molecule has 6 heteroatoms. The lowest BCUT2D eigenvalue weighted by Gasteiger charge is -2.17. The number of hydrogen-bond donors (Lipinski definition) is 1. The van der Waals surface area contributed by atoms with E-state index in [-0.39, 0.29) is 6.10 Å². The van der Waals surface area contributed by atoms with Crippen LogP contribution in [-0.2, 0) is 9.47 Å². The van der Waals surface area contributed by atoms with Crippen molar-refractivity contribution in [2.75, 3.05) is 18.9 Å². The van der Waals surface area contributed by atoms with Crippen LogP contribution < -0.4 is 10.5 Å². The molecule has 2 rings (SSSR count). The van der Waals surface area contributed by atoms with Crippen molar-refractivity contribution in [3.05, 3.63) is 12.4 Å². The molecule has 1 aliphatic heterocycles. The zero-order chi connectivity index (χ0) is 11.6. The van der Waals surface area contributed by atoms with Gasteiger partial charge in [-0.15, -0.1) is 0 Å². The summed E-state index contributed by atoms with van der Waals surface area (Å²) in [6, 6.07) is 0. The zero-order valence-corrected chi connectivity index (χ0v) is 9.34. The Bertz CT molecular complexity index is 370. The first-order valence-electron chi connectivity index (χ1n) is 5.07. The number of rotatable bonds is 3. The van der Waals surface area contributed by atoms with Gasteiger partial charge in [-0.05, 0) is 13.8 Å². The highest BCUT2D eigenvalue weighted by Crippen LogP contribution is 2.22. The van der Waals surface area contributed by atoms with Crippen molar-refractivity contribution >= 4 is 5.82 Å². The Labute approximate surface area is 93.7 Å². The Morgan fingerprint density at radius 1 is 1.56 bits per heavy atom. The standard InChI is InChI=1S/C10H15N3O3/c1-10(2)15-6-7(16-10)5-14-9-4-12-3-8(11)13-9/h3-4,7H,5-6H2,1-2H3,(H2,11,13)/t7-/m0/s1. The molecule has 0 aliphatic carbocycles. The molecule has 0 spiro atoms. The lowest BCUT2D eigenvalue weighted by molar-refractivity contribution is -0.141.